The van der Waals surface area contributed by atoms with Crippen LogP contribution in [0.4, 0.5) is 0 Å². The summed E-state index contributed by atoms with van der Waals surface area (Å²) in [5.41, 5.74) is 6.73. The standard InChI is InChI=1S/C24H23N3O3/c25-22(28)17-8-10-18(11-9-17)24(30)27-13-3-6-21(15-27)26-23(29)20-12-7-16-4-1-2-5-19(16)14-20/h1-2,4-5,7-12,14,21H,3,6,13,15H2,(H2,25,28)(H,26,29). The van der Waals surface area contributed by atoms with Crippen molar-refractivity contribution in [3.63, 3.8) is 0 Å². The smallest absolute Gasteiger partial charge is 0.253 e. The van der Waals surface area contributed by atoms with Gasteiger partial charge in [0.25, 0.3) is 11.8 Å². The maximum atomic E-state index is 12.8. The maximum Gasteiger partial charge on any atom is 0.253 e. The highest BCUT2D eigenvalue weighted by Gasteiger charge is 2.26. The molecule has 1 aliphatic rings. The van der Waals surface area contributed by atoms with Crippen LogP contribution in [0.15, 0.2) is 66.7 Å². The minimum Gasteiger partial charge on any atom is -0.366 e. The van der Waals surface area contributed by atoms with Gasteiger partial charge in [-0.25, -0.2) is 0 Å². The maximum absolute atomic E-state index is 12.8. The Morgan fingerprint density at radius 3 is 2.27 bits per heavy atom. The van der Waals surface area contributed by atoms with Gasteiger partial charge in [0, 0.05) is 35.8 Å². The summed E-state index contributed by atoms with van der Waals surface area (Å²) < 4.78 is 0. The van der Waals surface area contributed by atoms with Crippen molar-refractivity contribution in [2.45, 2.75) is 18.9 Å². The zero-order valence-electron chi connectivity index (χ0n) is 16.5. The third kappa shape index (κ3) is 4.17. The van der Waals surface area contributed by atoms with Gasteiger partial charge in [0.05, 0.1) is 0 Å². The fourth-order valence-electron chi connectivity index (χ4n) is 3.84. The third-order valence-electron chi connectivity index (χ3n) is 5.47. The van der Waals surface area contributed by atoms with E-state index in [1.54, 1.807) is 29.2 Å². The third-order valence-corrected chi connectivity index (χ3v) is 5.47. The minimum atomic E-state index is -0.525. The first kappa shape index (κ1) is 19.6. The molecule has 1 fully saturated rings. The number of carbonyl (C=O) groups is 3. The van der Waals surface area contributed by atoms with Crippen LogP contribution in [0.1, 0.15) is 43.9 Å². The zero-order chi connectivity index (χ0) is 21.1. The lowest BCUT2D eigenvalue weighted by Crippen LogP contribution is -2.49. The lowest BCUT2D eigenvalue weighted by atomic mass is 10.0. The Kier molecular flexibility index (Phi) is 5.48. The molecule has 0 aromatic heterocycles. The lowest BCUT2D eigenvalue weighted by Gasteiger charge is -2.33. The molecule has 3 aromatic rings. The number of fused-ring (bicyclic) bond motifs is 1. The van der Waals surface area contributed by atoms with Crippen molar-refractivity contribution in [3.8, 4) is 0 Å². The van der Waals surface area contributed by atoms with Crippen molar-refractivity contribution >= 4 is 28.5 Å². The van der Waals surface area contributed by atoms with Gasteiger partial charge < -0.3 is 16.0 Å². The Balaban J connectivity index is 1.42. The lowest BCUT2D eigenvalue weighted by molar-refractivity contribution is 0.0675. The second-order valence-electron chi connectivity index (χ2n) is 7.57. The number of likely N-dealkylation sites (tertiary alicyclic amines) is 1. The first-order valence-electron chi connectivity index (χ1n) is 10.00. The van der Waals surface area contributed by atoms with Crippen LogP contribution in [-0.2, 0) is 0 Å². The molecule has 6 heteroatoms. The van der Waals surface area contributed by atoms with Crippen LogP contribution in [0.3, 0.4) is 0 Å². The predicted octanol–water partition coefficient (Wildman–Crippen LogP) is 2.97. The molecule has 1 saturated heterocycles. The number of hydrogen-bond donors (Lipinski definition) is 2. The summed E-state index contributed by atoms with van der Waals surface area (Å²) in [5, 5.41) is 5.17. The topological polar surface area (TPSA) is 92.5 Å². The average Bonchev–Trinajstić information content (AvgIpc) is 2.78. The zero-order valence-corrected chi connectivity index (χ0v) is 16.5. The number of carbonyl (C=O) groups excluding carboxylic acids is 3. The van der Waals surface area contributed by atoms with E-state index in [0.717, 1.165) is 23.6 Å². The van der Waals surface area contributed by atoms with Crippen molar-refractivity contribution in [1.29, 1.82) is 0 Å². The molecule has 1 aliphatic heterocycles. The number of nitrogens with one attached hydrogen (secondary N) is 1. The Hall–Kier alpha value is -3.67. The van der Waals surface area contributed by atoms with Crippen LogP contribution in [0.25, 0.3) is 10.8 Å². The fraction of sp³-hybridized carbons (Fsp3) is 0.208. The monoisotopic (exact) mass is 401 g/mol. The van der Waals surface area contributed by atoms with Crippen LogP contribution >= 0.6 is 0 Å². The number of amides is 3. The molecule has 152 valence electrons. The molecule has 1 atom stereocenters. The van der Waals surface area contributed by atoms with Crippen LogP contribution in [0.5, 0.6) is 0 Å². The highest BCUT2D eigenvalue weighted by Crippen LogP contribution is 2.18. The van der Waals surface area contributed by atoms with Crippen LogP contribution in [0, 0.1) is 0 Å². The van der Waals surface area contributed by atoms with Gasteiger partial charge in [-0.15, -0.1) is 0 Å². The molecule has 0 spiro atoms. The largest absolute Gasteiger partial charge is 0.366 e. The van der Waals surface area contributed by atoms with Crippen molar-refractivity contribution in [2.75, 3.05) is 13.1 Å². The average molecular weight is 401 g/mol. The van der Waals surface area contributed by atoms with Gasteiger partial charge in [-0.05, 0) is 60.0 Å². The molecular weight excluding hydrogens is 378 g/mol. The normalized spacial score (nSPS) is 16.3. The van der Waals surface area contributed by atoms with Gasteiger partial charge in [0.2, 0.25) is 5.91 Å². The molecule has 0 saturated carbocycles. The summed E-state index contributed by atoms with van der Waals surface area (Å²) >= 11 is 0. The van der Waals surface area contributed by atoms with E-state index in [-0.39, 0.29) is 17.9 Å². The van der Waals surface area contributed by atoms with Gasteiger partial charge >= 0.3 is 0 Å². The predicted molar refractivity (Wildman–Crippen MR) is 115 cm³/mol. The molecule has 1 unspecified atom stereocenters. The molecule has 4 rings (SSSR count). The summed E-state index contributed by atoms with van der Waals surface area (Å²) in [5.74, 6) is -0.773. The molecule has 0 bridgehead atoms. The molecule has 3 amide bonds. The van der Waals surface area contributed by atoms with Crippen molar-refractivity contribution in [2.24, 2.45) is 5.73 Å². The molecule has 0 aliphatic carbocycles. The summed E-state index contributed by atoms with van der Waals surface area (Å²) in [6.45, 7) is 1.09. The molecule has 6 nitrogen and oxygen atoms in total. The van der Waals surface area contributed by atoms with E-state index >= 15 is 0 Å². The molecule has 3 N–H and O–H groups in total. The highest BCUT2D eigenvalue weighted by atomic mass is 16.2. The molecular formula is C24H23N3O3. The van der Waals surface area contributed by atoms with Gasteiger partial charge in [-0.3, -0.25) is 14.4 Å². The van der Waals surface area contributed by atoms with Gasteiger partial charge in [-0.2, -0.15) is 0 Å². The second kappa shape index (κ2) is 8.37. The fourth-order valence-corrected chi connectivity index (χ4v) is 3.84. The highest BCUT2D eigenvalue weighted by molar-refractivity contribution is 5.99. The van der Waals surface area contributed by atoms with Gasteiger partial charge in [0.15, 0.2) is 0 Å². The van der Waals surface area contributed by atoms with Crippen LogP contribution in [0.2, 0.25) is 0 Å². The van der Waals surface area contributed by atoms with E-state index in [4.69, 9.17) is 5.73 Å². The van der Waals surface area contributed by atoms with Gasteiger partial charge in [0.1, 0.15) is 0 Å². The number of piperidine rings is 1. The van der Waals surface area contributed by atoms with Gasteiger partial charge in [-0.1, -0.05) is 30.3 Å². The van der Waals surface area contributed by atoms with Crippen molar-refractivity contribution in [1.82, 2.24) is 10.2 Å². The number of rotatable bonds is 4. The number of nitrogens with two attached hydrogens (primary N) is 1. The number of hydrogen-bond acceptors (Lipinski definition) is 3. The van der Waals surface area contributed by atoms with Crippen molar-refractivity contribution in [3.05, 3.63) is 83.4 Å². The Bertz CT molecular complexity index is 1110. The van der Waals surface area contributed by atoms with Crippen LogP contribution in [-0.4, -0.2) is 41.8 Å². The van der Waals surface area contributed by atoms with Crippen molar-refractivity contribution < 1.29 is 14.4 Å². The molecule has 30 heavy (non-hydrogen) atoms. The number of benzene rings is 3. The quantitative estimate of drug-likeness (QED) is 0.704. The Morgan fingerprint density at radius 1 is 0.867 bits per heavy atom. The molecule has 1 heterocycles. The first-order chi connectivity index (χ1) is 14.5. The molecule has 3 aromatic carbocycles. The SMILES string of the molecule is NC(=O)c1ccc(C(=O)N2CCCC(NC(=O)c3ccc4ccccc4c3)C2)cc1. The summed E-state index contributed by atoms with van der Waals surface area (Å²) in [7, 11) is 0. The van der Waals surface area contributed by atoms with E-state index in [2.05, 4.69) is 5.32 Å². The number of nitrogens with zero attached hydrogens (tertiary/aromatic N) is 1. The summed E-state index contributed by atoms with van der Waals surface area (Å²) in [6.07, 6.45) is 1.64. The summed E-state index contributed by atoms with van der Waals surface area (Å²) in [4.78, 5) is 38.5. The summed E-state index contributed by atoms with van der Waals surface area (Å²) in [6, 6.07) is 19.8. The number of primary amides is 1. The Morgan fingerprint density at radius 2 is 1.53 bits per heavy atom. The first-order valence-corrected chi connectivity index (χ1v) is 10.00. The van der Waals surface area contributed by atoms with E-state index in [1.807, 2.05) is 42.5 Å². The van der Waals surface area contributed by atoms with E-state index < -0.39 is 5.91 Å². The van der Waals surface area contributed by atoms with E-state index in [9.17, 15) is 14.4 Å². The second-order valence-corrected chi connectivity index (χ2v) is 7.57. The Labute approximate surface area is 174 Å². The van der Waals surface area contributed by atoms with E-state index in [1.165, 1.54) is 0 Å². The van der Waals surface area contributed by atoms with E-state index in [0.29, 0.717) is 29.8 Å². The minimum absolute atomic E-state index is 0.105. The van der Waals surface area contributed by atoms with Crippen LogP contribution < -0.4 is 11.1 Å². The molecule has 0 radical (unpaired) electrons.